The van der Waals surface area contributed by atoms with E-state index in [-0.39, 0.29) is 31.9 Å². The van der Waals surface area contributed by atoms with Crippen LogP contribution >= 0.6 is 0 Å². The van der Waals surface area contributed by atoms with Crippen LogP contribution in [-0.2, 0) is 23.9 Å². The van der Waals surface area contributed by atoms with Crippen LogP contribution in [0.15, 0.2) is 30.8 Å². The van der Waals surface area contributed by atoms with Gasteiger partial charge in [0.05, 0.1) is 13.0 Å². The van der Waals surface area contributed by atoms with Gasteiger partial charge in [0.15, 0.2) is 0 Å². The highest BCUT2D eigenvalue weighted by atomic mass is 16.6. The molecule has 1 aromatic carbocycles. The van der Waals surface area contributed by atoms with Crippen LogP contribution in [-0.4, -0.2) is 53.6 Å². The second kappa shape index (κ2) is 14.7. The van der Waals surface area contributed by atoms with Gasteiger partial charge in [-0.25, -0.2) is 4.79 Å². The Balaban J connectivity index is 3.34. The summed E-state index contributed by atoms with van der Waals surface area (Å²) < 4.78 is 10.2. The number of nitrogens with one attached hydrogen (secondary N) is 2. The molecule has 9 nitrogen and oxygen atoms in total. The van der Waals surface area contributed by atoms with Crippen LogP contribution in [0.3, 0.4) is 0 Å². The summed E-state index contributed by atoms with van der Waals surface area (Å²) in [6.07, 6.45) is 6.83. The van der Waals surface area contributed by atoms with Crippen molar-refractivity contribution >= 4 is 30.0 Å². The lowest BCUT2D eigenvalue weighted by Crippen LogP contribution is -2.52. The first kappa shape index (κ1) is 31.2. The summed E-state index contributed by atoms with van der Waals surface area (Å²) in [4.78, 5) is 52.2. The van der Waals surface area contributed by atoms with E-state index < -0.39 is 41.6 Å². The molecule has 0 spiro atoms. The number of carbonyl (C=O) groups excluding carboxylic acids is 4. The van der Waals surface area contributed by atoms with Gasteiger partial charge in [-0.05, 0) is 57.2 Å². The molecule has 1 rings (SSSR count). The summed E-state index contributed by atoms with van der Waals surface area (Å²) in [7, 11) is 0. The second-order valence-corrected chi connectivity index (χ2v) is 9.79. The summed E-state index contributed by atoms with van der Waals surface area (Å²) in [6.45, 7) is 14.6. The minimum absolute atomic E-state index is 0.00645. The Morgan fingerprint density at radius 3 is 2.43 bits per heavy atom. The van der Waals surface area contributed by atoms with E-state index in [1.54, 1.807) is 58.0 Å². The van der Waals surface area contributed by atoms with E-state index in [1.807, 2.05) is 13.8 Å². The van der Waals surface area contributed by atoms with Gasteiger partial charge >= 0.3 is 12.1 Å². The lowest BCUT2D eigenvalue weighted by molar-refractivity contribution is -0.143. The Hall–Kier alpha value is -3.80. The third-order valence-corrected chi connectivity index (χ3v) is 4.98. The van der Waals surface area contributed by atoms with Gasteiger partial charge in [0, 0.05) is 12.6 Å². The number of nitrogens with zero attached hydrogens (tertiary/aromatic N) is 1. The molecule has 0 aliphatic carbocycles. The predicted molar refractivity (Wildman–Crippen MR) is 142 cm³/mol. The topological polar surface area (TPSA) is 114 Å². The van der Waals surface area contributed by atoms with Gasteiger partial charge in [-0.1, -0.05) is 51.1 Å². The summed E-state index contributed by atoms with van der Waals surface area (Å²) in [5.74, 6) is -1.67. The zero-order valence-corrected chi connectivity index (χ0v) is 22.6. The number of carbonyl (C=O) groups is 4. The Bertz CT molecular complexity index is 1010. The van der Waals surface area contributed by atoms with E-state index in [0.717, 1.165) is 10.5 Å². The highest BCUT2D eigenvalue weighted by Crippen LogP contribution is 2.24. The van der Waals surface area contributed by atoms with Crippen molar-refractivity contribution in [2.24, 2.45) is 5.92 Å². The number of ether oxygens (including phenoxy) is 2. The van der Waals surface area contributed by atoms with Crippen LogP contribution < -0.4 is 10.6 Å². The van der Waals surface area contributed by atoms with E-state index in [1.165, 1.54) is 0 Å². The number of amides is 3. The smallest absolute Gasteiger partial charge is 0.408 e. The van der Waals surface area contributed by atoms with Crippen LogP contribution in [0.4, 0.5) is 4.79 Å². The zero-order chi connectivity index (χ0) is 28.2. The molecule has 0 saturated carbocycles. The summed E-state index contributed by atoms with van der Waals surface area (Å²) in [5, 5.41) is 5.26. The van der Waals surface area contributed by atoms with Gasteiger partial charge in [-0.3, -0.25) is 19.3 Å². The SMILES string of the molecule is C#CN(C(=O)C(CC(C)C)NC(=O)OC(C)(C)C)C(C(=O)NCCC(=O)OCC)c1cccc(C=C)c1. The highest BCUT2D eigenvalue weighted by Gasteiger charge is 2.36. The Morgan fingerprint density at radius 2 is 1.89 bits per heavy atom. The van der Waals surface area contributed by atoms with Crippen LogP contribution in [0.25, 0.3) is 6.08 Å². The number of benzene rings is 1. The number of hydrogen-bond donors (Lipinski definition) is 2. The average molecular weight is 514 g/mol. The maximum Gasteiger partial charge on any atom is 0.408 e. The van der Waals surface area contributed by atoms with Gasteiger partial charge < -0.3 is 20.1 Å². The third-order valence-electron chi connectivity index (χ3n) is 4.98. The van der Waals surface area contributed by atoms with E-state index in [9.17, 15) is 19.2 Å². The van der Waals surface area contributed by atoms with Crippen molar-refractivity contribution in [1.29, 1.82) is 0 Å². The molecule has 2 atom stereocenters. The number of terminal acetylenes is 1. The van der Waals surface area contributed by atoms with E-state index in [4.69, 9.17) is 15.9 Å². The van der Waals surface area contributed by atoms with Gasteiger partial charge in [0.25, 0.3) is 5.91 Å². The molecule has 0 radical (unpaired) electrons. The number of hydrogen-bond acceptors (Lipinski definition) is 6. The monoisotopic (exact) mass is 513 g/mol. The first-order chi connectivity index (χ1) is 17.3. The molecule has 0 heterocycles. The van der Waals surface area contributed by atoms with Crippen LogP contribution in [0.2, 0.25) is 0 Å². The first-order valence-electron chi connectivity index (χ1n) is 12.3. The number of alkyl carbamates (subject to hydrolysis) is 1. The van der Waals surface area contributed by atoms with Crippen molar-refractivity contribution in [2.45, 2.75) is 72.1 Å². The predicted octanol–water partition coefficient (Wildman–Crippen LogP) is 3.80. The lowest BCUT2D eigenvalue weighted by Gasteiger charge is -2.31. The zero-order valence-electron chi connectivity index (χ0n) is 22.6. The molecular formula is C28H39N3O6. The molecule has 37 heavy (non-hydrogen) atoms. The lowest BCUT2D eigenvalue weighted by atomic mass is 9.98. The van der Waals surface area contributed by atoms with Crippen molar-refractivity contribution in [1.82, 2.24) is 15.5 Å². The Kier molecular flexibility index (Phi) is 12.4. The van der Waals surface area contributed by atoms with Crippen molar-refractivity contribution in [2.75, 3.05) is 13.2 Å². The van der Waals surface area contributed by atoms with Crippen molar-refractivity contribution in [3.8, 4) is 12.5 Å². The van der Waals surface area contributed by atoms with Crippen molar-refractivity contribution < 1.29 is 28.7 Å². The molecule has 2 N–H and O–H groups in total. The molecule has 0 aliphatic heterocycles. The largest absolute Gasteiger partial charge is 0.466 e. The molecule has 0 aliphatic rings. The standard InChI is InChI=1S/C28H39N3O6/c1-9-20-13-12-14-21(18-20)24(25(33)29-16-15-23(32)36-11-3)31(10-2)26(34)22(17-19(4)5)30-27(35)37-28(6,7)8/h2,9,12-14,18-19,22,24H,1,11,15-17H2,3-8H3,(H,29,33)(H,30,35). The summed E-state index contributed by atoms with van der Waals surface area (Å²) in [5.41, 5.74) is 0.392. The van der Waals surface area contributed by atoms with E-state index in [2.05, 4.69) is 23.3 Å². The minimum Gasteiger partial charge on any atom is -0.466 e. The van der Waals surface area contributed by atoms with Crippen molar-refractivity contribution in [3.05, 3.63) is 42.0 Å². The van der Waals surface area contributed by atoms with Gasteiger partial charge in [-0.15, -0.1) is 0 Å². The fourth-order valence-electron chi connectivity index (χ4n) is 3.47. The fourth-order valence-corrected chi connectivity index (χ4v) is 3.47. The number of esters is 1. The maximum atomic E-state index is 13.7. The summed E-state index contributed by atoms with van der Waals surface area (Å²) >= 11 is 0. The quantitative estimate of drug-likeness (QED) is 0.250. The highest BCUT2D eigenvalue weighted by molar-refractivity contribution is 5.93. The second-order valence-electron chi connectivity index (χ2n) is 9.79. The van der Waals surface area contributed by atoms with E-state index >= 15 is 0 Å². The van der Waals surface area contributed by atoms with Gasteiger partial charge in [0.1, 0.15) is 17.7 Å². The van der Waals surface area contributed by atoms with Gasteiger partial charge in [0.2, 0.25) is 5.91 Å². The molecular weight excluding hydrogens is 474 g/mol. The fraction of sp³-hybridized carbons (Fsp3) is 0.500. The molecule has 202 valence electrons. The maximum absolute atomic E-state index is 13.7. The van der Waals surface area contributed by atoms with Gasteiger partial charge in [-0.2, -0.15) is 0 Å². The third kappa shape index (κ3) is 10.8. The Morgan fingerprint density at radius 1 is 1.22 bits per heavy atom. The van der Waals surface area contributed by atoms with Crippen LogP contribution in [0, 0.1) is 18.4 Å². The molecule has 0 bridgehead atoms. The molecule has 0 fully saturated rings. The molecule has 3 amide bonds. The Labute approximate surface area is 220 Å². The molecule has 0 aromatic heterocycles. The van der Waals surface area contributed by atoms with Crippen LogP contribution in [0.5, 0.6) is 0 Å². The molecule has 1 aromatic rings. The molecule has 0 saturated heterocycles. The number of rotatable bonds is 12. The molecule has 2 unspecified atom stereocenters. The molecule has 9 heteroatoms. The average Bonchev–Trinajstić information content (AvgIpc) is 2.80. The minimum atomic E-state index is -1.23. The van der Waals surface area contributed by atoms with Crippen molar-refractivity contribution in [3.63, 3.8) is 0 Å². The normalized spacial score (nSPS) is 12.5. The van der Waals surface area contributed by atoms with Crippen LogP contribution in [0.1, 0.15) is 71.6 Å². The summed E-state index contributed by atoms with van der Waals surface area (Å²) in [6, 6.07) is 6.93. The van der Waals surface area contributed by atoms with E-state index in [0.29, 0.717) is 5.56 Å². The first-order valence-corrected chi connectivity index (χ1v) is 12.3.